The van der Waals surface area contributed by atoms with E-state index in [1.807, 2.05) is 27.7 Å². The number of rotatable bonds is 5. The van der Waals surface area contributed by atoms with Gasteiger partial charge in [0.1, 0.15) is 12.7 Å². The molecule has 0 amide bonds. The molecule has 0 unspecified atom stereocenters. The average molecular weight is 319 g/mol. The Labute approximate surface area is 137 Å². The van der Waals surface area contributed by atoms with Gasteiger partial charge in [-0.1, -0.05) is 17.2 Å². The van der Waals surface area contributed by atoms with Crippen LogP contribution < -0.4 is 0 Å². The van der Waals surface area contributed by atoms with Gasteiger partial charge in [-0.3, -0.25) is 4.90 Å². The number of esters is 2. The lowest BCUT2D eigenvalue weighted by Crippen LogP contribution is -2.35. The second-order valence-corrected chi connectivity index (χ2v) is 6.53. The van der Waals surface area contributed by atoms with Crippen molar-refractivity contribution in [3.05, 3.63) is 34.9 Å². The van der Waals surface area contributed by atoms with E-state index >= 15 is 0 Å². The summed E-state index contributed by atoms with van der Waals surface area (Å²) in [5.41, 5.74) is 2.85. The third-order valence-electron chi connectivity index (χ3n) is 3.88. The quantitative estimate of drug-likeness (QED) is 0.442. The van der Waals surface area contributed by atoms with E-state index in [0.29, 0.717) is 0 Å². The summed E-state index contributed by atoms with van der Waals surface area (Å²) in [6, 6.07) is 0.0315. The Morgan fingerprint density at radius 2 is 1.83 bits per heavy atom. The maximum atomic E-state index is 11.9. The van der Waals surface area contributed by atoms with Crippen molar-refractivity contribution in [2.75, 3.05) is 19.7 Å². The summed E-state index contributed by atoms with van der Waals surface area (Å²) in [7, 11) is 0. The number of fused-ring (bicyclic) bond motifs is 1. The van der Waals surface area contributed by atoms with E-state index in [4.69, 9.17) is 9.47 Å². The van der Waals surface area contributed by atoms with Gasteiger partial charge in [0.2, 0.25) is 0 Å². The van der Waals surface area contributed by atoms with Crippen molar-refractivity contribution in [3.63, 3.8) is 0 Å². The molecule has 0 aromatic heterocycles. The fourth-order valence-corrected chi connectivity index (χ4v) is 2.98. The first-order valence-corrected chi connectivity index (χ1v) is 7.97. The normalized spacial score (nSPS) is 22.9. The zero-order chi connectivity index (χ0) is 17.0. The SMILES string of the molecule is CC(C)=CC(=O)OCC1=CCN2CC[C@@H](OC(=O)C=C(C)C)[C@@H]12. The van der Waals surface area contributed by atoms with Crippen LogP contribution in [0, 0.1) is 0 Å². The highest BCUT2D eigenvalue weighted by atomic mass is 16.5. The molecule has 23 heavy (non-hydrogen) atoms. The predicted octanol–water partition coefficient (Wildman–Crippen LogP) is 2.39. The first-order chi connectivity index (χ1) is 10.9. The van der Waals surface area contributed by atoms with Crippen LogP contribution in [0.2, 0.25) is 0 Å². The number of hydrogen-bond acceptors (Lipinski definition) is 5. The molecule has 2 aliphatic heterocycles. The van der Waals surface area contributed by atoms with Gasteiger partial charge in [-0.05, 0) is 39.7 Å². The summed E-state index contributed by atoms with van der Waals surface area (Å²) in [5.74, 6) is -0.634. The van der Waals surface area contributed by atoms with E-state index in [9.17, 15) is 9.59 Å². The number of carbonyl (C=O) groups excluding carboxylic acids is 2. The minimum absolute atomic E-state index is 0.0315. The maximum absolute atomic E-state index is 11.9. The molecule has 1 fully saturated rings. The van der Waals surface area contributed by atoms with Gasteiger partial charge in [0.05, 0.1) is 6.04 Å². The van der Waals surface area contributed by atoms with Crippen molar-refractivity contribution in [1.29, 1.82) is 0 Å². The number of nitrogens with zero attached hydrogens (tertiary/aromatic N) is 1. The fraction of sp³-hybridized carbons (Fsp3) is 0.556. The summed E-state index contributed by atoms with van der Waals surface area (Å²) in [5, 5.41) is 0. The molecule has 0 aromatic rings. The van der Waals surface area contributed by atoms with Gasteiger partial charge in [0, 0.05) is 25.2 Å². The highest BCUT2D eigenvalue weighted by Gasteiger charge is 2.41. The molecule has 5 nitrogen and oxygen atoms in total. The third-order valence-corrected chi connectivity index (χ3v) is 3.88. The number of hydrogen-bond donors (Lipinski definition) is 0. The van der Waals surface area contributed by atoms with Crippen molar-refractivity contribution in [1.82, 2.24) is 4.90 Å². The van der Waals surface area contributed by atoms with Crippen LogP contribution >= 0.6 is 0 Å². The van der Waals surface area contributed by atoms with Crippen molar-refractivity contribution >= 4 is 11.9 Å². The zero-order valence-electron chi connectivity index (χ0n) is 14.3. The third kappa shape index (κ3) is 4.79. The van der Waals surface area contributed by atoms with Crippen molar-refractivity contribution in [2.24, 2.45) is 0 Å². The smallest absolute Gasteiger partial charge is 0.331 e. The van der Waals surface area contributed by atoms with Crippen LogP contribution in [-0.2, 0) is 19.1 Å². The molecular formula is C18H25NO4. The Morgan fingerprint density at radius 3 is 2.48 bits per heavy atom. The molecule has 1 saturated heterocycles. The molecule has 2 heterocycles. The standard InChI is InChI=1S/C18H25NO4/c1-12(2)9-16(20)22-11-14-5-7-19-8-6-15(18(14)19)23-17(21)10-13(3)4/h5,9-10,15,18H,6-8,11H2,1-4H3/t15-,18-/m1/s1. The van der Waals surface area contributed by atoms with Gasteiger partial charge in [0.15, 0.2) is 0 Å². The van der Waals surface area contributed by atoms with E-state index in [-0.39, 0.29) is 30.7 Å². The lowest BCUT2D eigenvalue weighted by Gasteiger charge is -2.23. The second kappa shape index (κ2) is 7.59. The lowest BCUT2D eigenvalue weighted by atomic mass is 10.1. The molecule has 126 valence electrons. The molecular weight excluding hydrogens is 294 g/mol. The molecule has 2 atom stereocenters. The first-order valence-electron chi connectivity index (χ1n) is 7.97. The average Bonchev–Trinajstić information content (AvgIpc) is 2.98. The van der Waals surface area contributed by atoms with Crippen LogP contribution in [0.15, 0.2) is 34.9 Å². The van der Waals surface area contributed by atoms with E-state index in [1.54, 1.807) is 0 Å². The summed E-state index contributed by atoms with van der Waals surface area (Å²) < 4.78 is 10.9. The van der Waals surface area contributed by atoms with Gasteiger partial charge >= 0.3 is 11.9 Å². The Bertz CT molecular complexity index is 566. The molecule has 0 saturated carbocycles. The minimum atomic E-state index is -0.333. The van der Waals surface area contributed by atoms with E-state index in [2.05, 4.69) is 11.0 Å². The van der Waals surface area contributed by atoms with Crippen LogP contribution in [0.25, 0.3) is 0 Å². The van der Waals surface area contributed by atoms with E-state index in [1.165, 1.54) is 12.2 Å². The topological polar surface area (TPSA) is 55.8 Å². The Morgan fingerprint density at radius 1 is 1.17 bits per heavy atom. The van der Waals surface area contributed by atoms with Crippen molar-refractivity contribution < 1.29 is 19.1 Å². The summed E-state index contributed by atoms with van der Waals surface area (Å²) in [6.45, 7) is 9.40. The highest BCUT2D eigenvalue weighted by Crippen LogP contribution is 2.31. The summed E-state index contributed by atoms with van der Waals surface area (Å²) in [6.07, 6.45) is 5.70. The predicted molar refractivity (Wildman–Crippen MR) is 87.8 cm³/mol. The lowest BCUT2D eigenvalue weighted by molar-refractivity contribution is -0.144. The largest absolute Gasteiger partial charge is 0.458 e. The number of allylic oxidation sites excluding steroid dienone is 2. The molecule has 2 rings (SSSR count). The van der Waals surface area contributed by atoms with Crippen LogP contribution in [0.4, 0.5) is 0 Å². The second-order valence-electron chi connectivity index (χ2n) is 6.53. The minimum Gasteiger partial charge on any atom is -0.458 e. The molecule has 0 bridgehead atoms. The van der Waals surface area contributed by atoms with Gasteiger partial charge in [0.25, 0.3) is 0 Å². The van der Waals surface area contributed by atoms with Crippen LogP contribution in [0.1, 0.15) is 34.1 Å². The molecule has 0 spiro atoms. The maximum Gasteiger partial charge on any atom is 0.331 e. The van der Waals surface area contributed by atoms with Gasteiger partial charge < -0.3 is 9.47 Å². The van der Waals surface area contributed by atoms with Crippen LogP contribution in [0.3, 0.4) is 0 Å². The summed E-state index contributed by atoms with van der Waals surface area (Å²) >= 11 is 0. The molecule has 0 aliphatic carbocycles. The van der Waals surface area contributed by atoms with Gasteiger partial charge in [-0.15, -0.1) is 0 Å². The molecule has 0 radical (unpaired) electrons. The van der Waals surface area contributed by atoms with E-state index in [0.717, 1.165) is 36.2 Å². The fourth-order valence-electron chi connectivity index (χ4n) is 2.98. The summed E-state index contributed by atoms with van der Waals surface area (Å²) in [4.78, 5) is 25.8. The van der Waals surface area contributed by atoms with Crippen LogP contribution in [0.5, 0.6) is 0 Å². The van der Waals surface area contributed by atoms with Crippen LogP contribution in [-0.4, -0.2) is 48.7 Å². The molecule has 2 aliphatic rings. The van der Waals surface area contributed by atoms with Gasteiger partial charge in [-0.25, -0.2) is 9.59 Å². The molecule has 0 N–H and O–H groups in total. The highest BCUT2D eigenvalue weighted by molar-refractivity contribution is 5.83. The Hall–Kier alpha value is -1.88. The monoisotopic (exact) mass is 319 g/mol. The Kier molecular flexibility index (Phi) is 5.77. The molecule has 0 aromatic carbocycles. The number of ether oxygens (including phenoxy) is 2. The van der Waals surface area contributed by atoms with Gasteiger partial charge in [-0.2, -0.15) is 0 Å². The van der Waals surface area contributed by atoms with Crippen molar-refractivity contribution in [3.8, 4) is 0 Å². The van der Waals surface area contributed by atoms with E-state index < -0.39 is 0 Å². The first kappa shape index (κ1) is 17.5. The molecule has 5 heteroatoms. The Balaban J connectivity index is 1.95. The number of carbonyl (C=O) groups is 2. The van der Waals surface area contributed by atoms with Crippen molar-refractivity contribution in [2.45, 2.75) is 46.3 Å². The zero-order valence-corrected chi connectivity index (χ0v) is 14.3.